The highest BCUT2D eigenvalue weighted by Gasteiger charge is 2.10. The lowest BCUT2D eigenvalue weighted by Gasteiger charge is -1.98. The van der Waals surface area contributed by atoms with Crippen molar-refractivity contribution in [3.63, 3.8) is 0 Å². The van der Waals surface area contributed by atoms with Crippen LogP contribution in [0.25, 0.3) is 17.1 Å². The predicted molar refractivity (Wildman–Crippen MR) is 67.4 cm³/mol. The molecule has 0 radical (unpaired) electrons. The maximum atomic E-state index is 12.2. The number of aromatic amines is 1. The summed E-state index contributed by atoms with van der Waals surface area (Å²) in [6.45, 7) is 0. The van der Waals surface area contributed by atoms with Crippen LogP contribution in [-0.4, -0.2) is 19.7 Å². The molecule has 0 bridgehead atoms. The van der Waals surface area contributed by atoms with Gasteiger partial charge in [0.05, 0.1) is 11.3 Å². The number of hydrogen-bond acceptors (Lipinski definition) is 3. The highest BCUT2D eigenvalue weighted by Crippen LogP contribution is 2.11. The van der Waals surface area contributed by atoms with E-state index in [0.717, 1.165) is 0 Å². The van der Waals surface area contributed by atoms with Gasteiger partial charge in [-0.2, -0.15) is 0 Å². The lowest BCUT2D eigenvalue weighted by atomic mass is 10.2. The van der Waals surface area contributed by atoms with E-state index in [2.05, 4.69) is 15.1 Å². The van der Waals surface area contributed by atoms with Crippen molar-refractivity contribution in [1.82, 2.24) is 19.7 Å². The minimum atomic E-state index is -0.160. The minimum Gasteiger partial charge on any atom is -0.296 e. The molecule has 0 saturated heterocycles. The molecule has 1 N–H and O–H groups in total. The molecule has 5 nitrogen and oxygen atoms in total. The van der Waals surface area contributed by atoms with Crippen LogP contribution in [-0.2, 0) is 0 Å². The van der Waals surface area contributed by atoms with Gasteiger partial charge in [-0.25, -0.2) is 9.67 Å². The average Bonchev–Trinajstić information content (AvgIpc) is 2.83. The van der Waals surface area contributed by atoms with Crippen molar-refractivity contribution in [2.75, 3.05) is 0 Å². The van der Waals surface area contributed by atoms with Crippen molar-refractivity contribution in [2.45, 2.75) is 0 Å². The molecule has 3 rings (SSSR count). The number of H-pyrrole nitrogens is 1. The van der Waals surface area contributed by atoms with Crippen LogP contribution in [0.15, 0.2) is 59.8 Å². The zero-order valence-corrected chi connectivity index (χ0v) is 9.45. The summed E-state index contributed by atoms with van der Waals surface area (Å²) < 4.78 is 1.39. The Labute approximate surface area is 103 Å². The van der Waals surface area contributed by atoms with Gasteiger partial charge in [-0.15, -0.1) is 0 Å². The van der Waals surface area contributed by atoms with Crippen molar-refractivity contribution in [3.05, 3.63) is 65.3 Å². The van der Waals surface area contributed by atoms with Gasteiger partial charge in [0.2, 0.25) is 0 Å². The van der Waals surface area contributed by atoms with E-state index in [1.54, 1.807) is 36.8 Å². The van der Waals surface area contributed by atoms with E-state index in [1.165, 1.54) is 4.68 Å². The Morgan fingerprint density at radius 2 is 1.78 bits per heavy atom. The topological polar surface area (TPSA) is 63.6 Å². The summed E-state index contributed by atoms with van der Waals surface area (Å²) in [5, 5.41) is 2.89. The Bertz CT molecular complexity index is 641. The van der Waals surface area contributed by atoms with Gasteiger partial charge in [0.25, 0.3) is 5.56 Å². The SMILES string of the molecule is O=c1c(-c2ccccn2)c[nH]n1-c1ccccn1. The quantitative estimate of drug-likeness (QED) is 0.738. The van der Waals surface area contributed by atoms with Crippen LogP contribution in [0.3, 0.4) is 0 Å². The van der Waals surface area contributed by atoms with Crippen LogP contribution in [0.4, 0.5) is 0 Å². The summed E-state index contributed by atoms with van der Waals surface area (Å²) in [7, 11) is 0. The van der Waals surface area contributed by atoms with Crippen molar-refractivity contribution >= 4 is 0 Å². The molecular formula is C13H10N4O. The van der Waals surface area contributed by atoms with Gasteiger partial charge in [0, 0.05) is 18.6 Å². The van der Waals surface area contributed by atoms with Crippen LogP contribution in [0.5, 0.6) is 0 Å². The van der Waals surface area contributed by atoms with Gasteiger partial charge < -0.3 is 0 Å². The fraction of sp³-hybridized carbons (Fsp3) is 0. The lowest BCUT2D eigenvalue weighted by molar-refractivity contribution is 0.819. The monoisotopic (exact) mass is 238 g/mol. The summed E-state index contributed by atoms with van der Waals surface area (Å²) >= 11 is 0. The summed E-state index contributed by atoms with van der Waals surface area (Å²) in [5.74, 6) is 0.560. The van der Waals surface area contributed by atoms with E-state index in [-0.39, 0.29) is 5.56 Å². The predicted octanol–water partition coefficient (Wildman–Crippen LogP) is 1.62. The fourth-order valence-electron chi connectivity index (χ4n) is 1.73. The second-order valence-corrected chi connectivity index (χ2v) is 3.73. The molecule has 0 atom stereocenters. The number of nitrogens with one attached hydrogen (secondary N) is 1. The highest BCUT2D eigenvalue weighted by atomic mass is 16.1. The van der Waals surface area contributed by atoms with Gasteiger partial charge in [0.15, 0.2) is 5.82 Å². The van der Waals surface area contributed by atoms with Crippen LogP contribution in [0, 0.1) is 0 Å². The lowest BCUT2D eigenvalue weighted by Crippen LogP contribution is -2.16. The van der Waals surface area contributed by atoms with E-state index >= 15 is 0 Å². The molecule has 0 spiro atoms. The number of hydrogen-bond donors (Lipinski definition) is 1. The molecule has 0 unspecified atom stereocenters. The molecule has 3 aromatic heterocycles. The first-order valence-corrected chi connectivity index (χ1v) is 5.49. The first-order chi connectivity index (χ1) is 8.86. The highest BCUT2D eigenvalue weighted by molar-refractivity contribution is 5.56. The van der Waals surface area contributed by atoms with E-state index < -0.39 is 0 Å². The first kappa shape index (κ1) is 10.5. The summed E-state index contributed by atoms with van der Waals surface area (Å²) in [4.78, 5) is 20.5. The largest absolute Gasteiger partial charge is 0.296 e. The molecule has 0 amide bonds. The maximum Gasteiger partial charge on any atom is 0.282 e. The van der Waals surface area contributed by atoms with Crippen molar-refractivity contribution in [1.29, 1.82) is 0 Å². The molecule has 0 aromatic carbocycles. The van der Waals surface area contributed by atoms with Crippen LogP contribution in [0.2, 0.25) is 0 Å². The van der Waals surface area contributed by atoms with Crippen LogP contribution in [0.1, 0.15) is 0 Å². The molecule has 0 fully saturated rings. The summed E-state index contributed by atoms with van der Waals surface area (Å²) in [6, 6.07) is 10.9. The average molecular weight is 238 g/mol. The van der Waals surface area contributed by atoms with Crippen molar-refractivity contribution in [3.8, 4) is 17.1 Å². The zero-order chi connectivity index (χ0) is 12.4. The number of nitrogens with zero attached hydrogens (tertiary/aromatic N) is 3. The van der Waals surface area contributed by atoms with E-state index in [9.17, 15) is 4.79 Å². The number of rotatable bonds is 2. The smallest absolute Gasteiger partial charge is 0.282 e. The Hall–Kier alpha value is -2.69. The molecule has 3 heterocycles. The van der Waals surface area contributed by atoms with E-state index in [0.29, 0.717) is 17.1 Å². The third-order valence-electron chi connectivity index (χ3n) is 2.59. The van der Waals surface area contributed by atoms with Crippen LogP contribution >= 0.6 is 0 Å². The molecule has 3 aromatic rings. The Balaban J connectivity index is 2.12. The normalized spacial score (nSPS) is 10.4. The van der Waals surface area contributed by atoms with Crippen molar-refractivity contribution in [2.24, 2.45) is 0 Å². The third kappa shape index (κ3) is 1.71. The number of pyridine rings is 2. The maximum absolute atomic E-state index is 12.2. The summed E-state index contributed by atoms with van der Waals surface area (Å²) in [5.41, 5.74) is 1.02. The zero-order valence-electron chi connectivity index (χ0n) is 9.45. The van der Waals surface area contributed by atoms with Gasteiger partial charge >= 0.3 is 0 Å². The third-order valence-corrected chi connectivity index (χ3v) is 2.59. The first-order valence-electron chi connectivity index (χ1n) is 5.49. The number of aromatic nitrogens is 4. The van der Waals surface area contributed by atoms with Gasteiger partial charge in [-0.1, -0.05) is 12.1 Å². The Morgan fingerprint density at radius 3 is 2.44 bits per heavy atom. The Kier molecular flexibility index (Phi) is 2.49. The van der Waals surface area contributed by atoms with E-state index in [1.807, 2.05) is 18.2 Å². The Morgan fingerprint density at radius 1 is 1.00 bits per heavy atom. The van der Waals surface area contributed by atoms with Crippen LogP contribution < -0.4 is 5.56 Å². The molecule has 0 aliphatic rings. The molecular weight excluding hydrogens is 228 g/mol. The standard InChI is InChI=1S/C13H10N4O/c18-13-10(11-5-1-3-7-14-11)9-16-17(13)12-6-2-4-8-15-12/h1-9,16H. The van der Waals surface area contributed by atoms with Gasteiger partial charge in [0.1, 0.15) is 0 Å². The second kappa shape index (κ2) is 4.29. The molecule has 0 aliphatic carbocycles. The molecule has 88 valence electrons. The summed E-state index contributed by atoms with van der Waals surface area (Å²) in [6.07, 6.45) is 4.94. The second-order valence-electron chi connectivity index (χ2n) is 3.73. The van der Waals surface area contributed by atoms with Gasteiger partial charge in [-0.05, 0) is 24.3 Å². The van der Waals surface area contributed by atoms with E-state index in [4.69, 9.17) is 0 Å². The van der Waals surface area contributed by atoms with Crippen molar-refractivity contribution < 1.29 is 0 Å². The molecule has 18 heavy (non-hydrogen) atoms. The molecule has 5 heteroatoms. The minimum absolute atomic E-state index is 0.160. The molecule has 0 aliphatic heterocycles. The van der Waals surface area contributed by atoms with Gasteiger partial charge in [-0.3, -0.25) is 14.9 Å². The fourth-order valence-corrected chi connectivity index (χ4v) is 1.73. The molecule has 0 saturated carbocycles.